The number of primary sulfonamides is 1. The minimum atomic E-state index is -3.79. The number of hydrogen-bond acceptors (Lipinski definition) is 4. The van der Waals surface area contributed by atoms with E-state index in [0.29, 0.717) is 28.5 Å². The molecule has 0 saturated carbocycles. The van der Waals surface area contributed by atoms with Gasteiger partial charge in [0, 0.05) is 28.9 Å². The largest absolute Gasteiger partial charge is 0.299 e. The third-order valence-corrected chi connectivity index (χ3v) is 5.98. The minimum Gasteiger partial charge on any atom is -0.299 e. The Labute approximate surface area is 181 Å². The summed E-state index contributed by atoms with van der Waals surface area (Å²) in [7, 11) is -3.79. The minimum absolute atomic E-state index is 0.0128. The summed E-state index contributed by atoms with van der Waals surface area (Å²) in [6.07, 6.45) is 6.23. The van der Waals surface area contributed by atoms with E-state index in [2.05, 4.69) is 11.9 Å². The van der Waals surface area contributed by atoms with Gasteiger partial charge in [-0.3, -0.25) is 9.36 Å². The lowest BCUT2D eigenvalue weighted by Crippen LogP contribution is -2.11. The molecule has 0 radical (unpaired) electrons. The number of sulfonamides is 1. The molecular formula is C22H24ClN3O3S. The molecule has 158 valence electrons. The van der Waals surface area contributed by atoms with Crippen LogP contribution >= 0.6 is 11.6 Å². The van der Waals surface area contributed by atoms with Gasteiger partial charge < -0.3 is 0 Å². The van der Waals surface area contributed by atoms with Gasteiger partial charge in [0.15, 0.2) is 5.78 Å². The second kappa shape index (κ2) is 9.55. The summed E-state index contributed by atoms with van der Waals surface area (Å²) in [5.41, 5.74) is 1.84. The third-order valence-electron chi connectivity index (χ3n) is 4.79. The number of hydrogen-bond donors (Lipinski definition) is 1. The van der Waals surface area contributed by atoms with Gasteiger partial charge in [-0.1, -0.05) is 37.8 Å². The van der Waals surface area contributed by atoms with Crippen LogP contribution in [0.1, 0.15) is 49.5 Å². The molecule has 0 aliphatic heterocycles. The molecule has 8 heteroatoms. The molecular weight excluding hydrogens is 422 g/mol. The third kappa shape index (κ3) is 5.36. The zero-order valence-electron chi connectivity index (χ0n) is 16.7. The molecule has 0 fully saturated rings. The van der Waals surface area contributed by atoms with Crippen LogP contribution < -0.4 is 5.14 Å². The molecule has 6 nitrogen and oxygen atoms in total. The predicted molar refractivity (Wildman–Crippen MR) is 118 cm³/mol. The van der Waals surface area contributed by atoms with Gasteiger partial charge in [-0.15, -0.1) is 0 Å². The molecule has 3 aromatic rings. The Hall–Kier alpha value is -2.48. The van der Waals surface area contributed by atoms with Crippen molar-refractivity contribution in [2.75, 3.05) is 0 Å². The van der Waals surface area contributed by atoms with E-state index in [1.165, 1.54) is 12.1 Å². The van der Waals surface area contributed by atoms with E-state index in [-0.39, 0.29) is 10.7 Å². The Morgan fingerprint density at radius 1 is 1.03 bits per heavy atom. The fourth-order valence-corrected chi connectivity index (χ4v) is 3.79. The zero-order chi connectivity index (χ0) is 21.7. The lowest BCUT2D eigenvalue weighted by molar-refractivity contribution is 0.0975. The molecule has 3 rings (SSSR count). The number of rotatable bonds is 9. The van der Waals surface area contributed by atoms with Crippen molar-refractivity contribution in [3.05, 3.63) is 65.4 Å². The van der Waals surface area contributed by atoms with Crippen LogP contribution in [0, 0.1) is 0 Å². The molecule has 2 aromatic carbocycles. The number of benzene rings is 2. The molecule has 0 atom stereocenters. The first kappa shape index (κ1) is 22.2. The summed E-state index contributed by atoms with van der Waals surface area (Å²) in [6, 6.07) is 13.3. The number of unbranched alkanes of at least 4 members (excludes halogenated alkanes) is 3. The van der Waals surface area contributed by atoms with E-state index < -0.39 is 10.0 Å². The maximum Gasteiger partial charge on any atom is 0.238 e. The lowest BCUT2D eigenvalue weighted by Gasteiger charge is -2.08. The van der Waals surface area contributed by atoms with Crippen molar-refractivity contribution in [2.24, 2.45) is 5.14 Å². The van der Waals surface area contributed by atoms with E-state index in [9.17, 15) is 13.2 Å². The van der Waals surface area contributed by atoms with E-state index in [1.54, 1.807) is 30.5 Å². The summed E-state index contributed by atoms with van der Waals surface area (Å²) >= 11 is 6.01. The first-order valence-electron chi connectivity index (χ1n) is 9.81. The summed E-state index contributed by atoms with van der Waals surface area (Å²) in [5.74, 6) is 0.524. The molecule has 1 aromatic heterocycles. The number of nitrogens with two attached hydrogens (primary N) is 1. The molecule has 30 heavy (non-hydrogen) atoms. The van der Waals surface area contributed by atoms with Crippen LogP contribution in [0.2, 0.25) is 5.02 Å². The highest BCUT2D eigenvalue weighted by atomic mass is 35.5. The monoisotopic (exact) mass is 445 g/mol. The van der Waals surface area contributed by atoms with Gasteiger partial charge in [-0.05, 0) is 55.0 Å². The first-order valence-corrected chi connectivity index (χ1v) is 11.7. The van der Waals surface area contributed by atoms with E-state index in [1.807, 2.05) is 16.7 Å². The summed E-state index contributed by atoms with van der Waals surface area (Å²) in [5, 5.41) is 5.79. The van der Waals surface area contributed by atoms with Crippen molar-refractivity contribution in [1.29, 1.82) is 0 Å². The number of aromatic nitrogens is 2. The number of Topliss-reactive ketones (excluding diaryl/α,β-unsaturated/α-hetero) is 1. The van der Waals surface area contributed by atoms with Crippen LogP contribution in [-0.4, -0.2) is 23.8 Å². The molecule has 0 unspecified atom stereocenters. The van der Waals surface area contributed by atoms with Gasteiger partial charge in [0.1, 0.15) is 11.5 Å². The van der Waals surface area contributed by atoms with E-state index in [0.717, 1.165) is 31.4 Å². The Balaban J connectivity index is 1.98. The Morgan fingerprint density at radius 3 is 2.30 bits per heavy atom. The van der Waals surface area contributed by atoms with Crippen molar-refractivity contribution < 1.29 is 13.2 Å². The number of carbonyl (C=O) groups is 1. The highest BCUT2D eigenvalue weighted by Crippen LogP contribution is 2.26. The SMILES string of the molecule is CCCCCCC(=O)c1cn(-c2ccc(Cl)cc2)c(-c2ccc(S(N)(=O)=O)cc2)n1. The second-order valence-electron chi connectivity index (χ2n) is 7.10. The number of imidazole rings is 1. The second-order valence-corrected chi connectivity index (χ2v) is 9.10. The Bertz CT molecular complexity index is 1120. The lowest BCUT2D eigenvalue weighted by atomic mass is 10.1. The highest BCUT2D eigenvalue weighted by molar-refractivity contribution is 7.89. The molecule has 2 N–H and O–H groups in total. The van der Waals surface area contributed by atoms with Gasteiger partial charge in [0.05, 0.1) is 4.90 Å². The summed E-state index contributed by atoms with van der Waals surface area (Å²) in [4.78, 5) is 17.3. The Kier molecular flexibility index (Phi) is 7.07. The molecule has 0 aliphatic rings. The van der Waals surface area contributed by atoms with Crippen molar-refractivity contribution in [2.45, 2.75) is 43.9 Å². The maximum atomic E-state index is 12.7. The number of halogens is 1. The van der Waals surface area contributed by atoms with Gasteiger partial charge in [-0.25, -0.2) is 18.5 Å². The highest BCUT2D eigenvalue weighted by Gasteiger charge is 2.17. The van der Waals surface area contributed by atoms with Crippen LogP contribution in [0.15, 0.2) is 59.6 Å². The van der Waals surface area contributed by atoms with Crippen molar-refractivity contribution in [1.82, 2.24) is 9.55 Å². The van der Waals surface area contributed by atoms with Gasteiger partial charge in [-0.2, -0.15) is 0 Å². The molecule has 0 aliphatic carbocycles. The number of carbonyl (C=O) groups excluding carboxylic acids is 1. The predicted octanol–water partition coefficient (Wildman–Crippen LogP) is 4.99. The average molecular weight is 446 g/mol. The molecule has 0 bridgehead atoms. The number of ketones is 1. The molecule has 0 amide bonds. The van der Waals surface area contributed by atoms with Crippen molar-refractivity contribution in [3.8, 4) is 17.1 Å². The number of nitrogens with zero attached hydrogens (tertiary/aromatic N) is 2. The topological polar surface area (TPSA) is 95.0 Å². The van der Waals surface area contributed by atoms with Gasteiger partial charge in [0.2, 0.25) is 10.0 Å². The normalized spacial score (nSPS) is 11.6. The van der Waals surface area contributed by atoms with Gasteiger partial charge >= 0.3 is 0 Å². The molecule has 1 heterocycles. The van der Waals surface area contributed by atoms with Crippen LogP contribution in [-0.2, 0) is 10.0 Å². The van der Waals surface area contributed by atoms with Crippen LogP contribution in [0.3, 0.4) is 0 Å². The zero-order valence-corrected chi connectivity index (χ0v) is 18.3. The standard InChI is InChI=1S/C22H24ClN3O3S/c1-2-3-4-5-6-21(27)20-15-26(18-11-9-17(23)10-12-18)22(25-20)16-7-13-19(14-8-16)30(24,28)29/h7-15H,2-6H2,1H3,(H2,24,28,29). The van der Waals surface area contributed by atoms with Crippen LogP contribution in [0.4, 0.5) is 0 Å². The maximum absolute atomic E-state index is 12.7. The van der Waals surface area contributed by atoms with Gasteiger partial charge in [0.25, 0.3) is 0 Å². The van der Waals surface area contributed by atoms with E-state index in [4.69, 9.17) is 16.7 Å². The average Bonchev–Trinajstić information content (AvgIpc) is 3.16. The quantitative estimate of drug-likeness (QED) is 0.370. The fourth-order valence-electron chi connectivity index (χ4n) is 3.15. The fraction of sp³-hybridized carbons (Fsp3) is 0.273. The first-order chi connectivity index (χ1) is 14.3. The van der Waals surface area contributed by atoms with Crippen LogP contribution in [0.5, 0.6) is 0 Å². The summed E-state index contributed by atoms with van der Waals surface area (Å²) in [6.45, 7) is 2.13. The molecule has 0 saturated heterocycles. The van der Waals surface area contributed by atoms with Crippen molar-refractivity contribution in [3.63, 3.8) is 0 Å². The Morgan fingerprint density at radius 2 is 1.70 bits per heavy atom. The summed E-state index contributed by atoms with van der Waals surface area (Å²) < 4.78 is 24.9. The van der Waals surface area contributed by atoms with Crippen molar-refractivity contribution >= 4 is 27.4 Å². The van der Waals surface area contributed by atoms with E-state index >= 15 is 0 Å². The van der Waals surface area contributed by atoms with Crippen LogP contribution in [0.25, 0.3) is 17.1 Å². The molecule has 0 spiro atoms. The smallest absolute Gasteiger partial charge is 0.238 e.